The predicted octanol–water partition coefficient (Wildman–Crippen LogP) is 3.93. The molecule has 0 saturated carbocycles. The molecule has 1 aromatic carbocycles. The Balaban J connectivity index is 2.23. The van der Waals surface area contributed by atoms with Crippen LogP contribution >= 0.6 is 27.3 Å². The van der Waals surface area contributed by atoms with Crippen LogP contribution in [0.1, 0.15) is 33.6 Å². The van der Waals surface area contributed by atoms with Gasteiger partial charge in [-0.15, -0.1) is 11.3 Å². The summed E-state index contributed by atoms with van der Waals surface area (Å²) in [5.74, 6) is -1.49. The van der Waals surface area contributed by atoms with Crippen molar-refractivity contribution in [2.24, 2.45) is 0 Å². The van der Waals surface area contributed by atoms with Crippen LogP contribution in [0.4, 0.5) is 0 Å². The number of carbonyl (C=O) groups is 2. The fourth-order valence-corrected chi connectivity index (χ4v) is 2.99. The summed E-state index contributed by atoms with van der Waals surface area (Å²) >= 11 is 4.70. The maximum atomic E-state index is 12.1. The number of thiophene rings is 1. The van der Waals surface area contributed by atoms with Gasteiger partial charge in [0.25, 0.3) is 0 Å². The number of ketones is 1. The molecule has 0 bridgehead atoms. The van der Waals surface area contributed by atoms with Gasteiger partial charge in [-0.1, -0.05) is 24.3 Å². The molecule has 1 atom stereocenters. The molecular weight excluding hydrogens is 328 g/mol. The van der Waals surface area contributed by atoms with Crippen LogP contribution in [0.15, 0.2) is 40.2 Å². The quantitative estimate of drug-likeness (QED) is 0.859. The second-order valence-corrected chi connectivity index (χ2v) is 6.58. The molecule has 0 fully saturated rings. The number of carboxylic acids is 1. The Hall–Kier alpha value is -1.46. The SMILES string of the molecule is CC(C(=O)O)c1ccc(C(=O)c2ccc(Br)s2)cc1. The van der Waals surface area contributed by atoms with Crippen molar-refractivity contribution in [1.29, 1.82) is 0 Å². The van der Waals surface area contributed by atoms with Gasteiger partial charge in [-0.3, -0.25) is 9.59 Å². The summed E-state index contributed by atoms with van der Waals surface area (Å²) in [5.41, 5.74) is 1.26. The zero-order valence-corrected chi connectivity index (χ0v) is 12.5. The van der Waals surface area contributed by atoms with Crippen molar-refractivity contribution in [3.63, 3.8) is 0 Å². The molecule has 98 valence electrons. The van der Waals surface area contributed by atoms with E-state index in [1.165, 1.54) is 11.3 Å². The Morgan fingerprint density at radius 3 is 2.26 bits per heavy atom. The molecule has 0 aliphatic rings. The zero-order valence-electron chi connectivity index (χ0n) is 10.1. The van der Waals surface area contributed by atoms with Crippen LogP contribution in [-0.4, -0.2) is 16.9 Å². The first kappa shape index (κ1) is 14.0. The number of hydrogen-bond donors (Lipinski definition) is 1. The average Bonchev–Trinajstić information content (AvgIpc) is 2.84. The number of rotatable bonds is 4. The summed E-state index contributed by atoms with van der Waals surface area (Å²) < 4.78 is 0.909. The molecule has 1 unspecified atom stereocenters. The van der Waals surface area contributed by atoms with Crippen molar-refractivity contribution in [2.75, 3.05) is 0 Å². The molecule has 2 aromatic rings. The molecule has 1 N–H and O–H groups in total. The highest BCUT2D eigenvalue weighted by Crippen LogP contribution is 2.25. The number of benzene rings is 1. The largest absolute Gasteiger partial charge is 0.481 e. The summed E-state index contributed by atoms with van der Waals surface area (Å²) in [6, 6.07) is 10.3. The smallest absolute Gasteiger partial charge is 0.310 e. The number of carbonyl (C=O) groups excluding carboxylic acids is 1. The van der Waals surface area contributed by atoms with Crippen molar-refractivity contribution in [3.8, 4) is 0 Å². The maximum absolute atomic E-state index is 12.1. The Morgan fingerprint density at radius 2 is 1.79 bits per heavy atom. The van der Waals surface area contributed by atoms with Gasteiger partial charge in [0.15, 0.2) is 0 Å². The van der Waals surface area contributed by atoms with Gasteiger partial charge in [0.05, 0.1) is 14.6 Å². The molecule has 19 heavy (non-hydrogen) atoms. The Labute approximate surface area is 123 Å². The Kier molecular flexibility index (Phi) is 4.17. The highest BCUT2D eigenvalue weighted by Gasteiger charge is 2.15. The van der Waals surface area contributed by atoms with Gasteiger partial charge in [-0.2, -0.15) is 0 Å². The summed E-state index contributed by atoms with van der Waals surface area (Å²) in [5, 5.41) is 8.92. The van der Waals surface area contributed by atoms with E-state index >= 15 is 0 Å². The second kappa shape index (κ2) is 5.67. The normalized spacial score (nSPS) is 12.1. The van der Waals surface area contributed by atoms with E-state index in [1.54, 1.807) is 37.3 Å². The first-order valence-corrected chi connectivity index (χ1v) is 7.23. The first-order valence-electron chi connectivity index (χ1n) is 5.62. The maximum Gasteiger partial charge on any atom is 0.310 e. The van der Waals surface area contributed by atoms with Crippen LogP contribution in [0.5, 0.6) is 0 Å². The topological polar surface area (TPSA) is 54.4 Å². The van der Waals surface area contributed by atoms with Crippen molar-refractivity contribution in [2.45, 2.75) is 12.8 Å². The molecule has 0 spiro atoms. The number of carboxylic acid groups (broad SMARTS) is 1. The van der Waals surface area contributed by atoms with E-state index in [1.807, 2.05) is 6.07 Å². The predicted molar refractivity (Wildman–Crippen MR) is 77.9 cm³/mol. The molecule has 2 rings (SSSR count). The van der Waals surface area contributed by atoms with Crippen LogP contribution in [-0.2, 0) is 4.79 Å². The summed E-state index contributed by atoms with van der Waals surface area (Å²) in [6.45, 7) is 1.62. The molecule has 0 aliphatic carbocycles. The van der Waals surface area contributed by atoms with Crippen LogP contribution in [0.2, 0.25) is 0 Å². The van der Waals surface area contributed by atoms with E-state index in [0.29, 0.717) is 16.0 Å². The lowest BCUT2D eigenvalue weighted by Crippen LogP contribution is -2.07. The highest BCUT2D eigenvalue weighted by atomic mass is 79.9. The van der Waals surface area contributed by atoms with Gasteiger partial charge in [-0.25, -0.2) is 0 Å². The van der Waals surface area contributed by atoms with E-state index in [0.717, 1.165) is 3.79 Å². The third kappa shape index (κ3) is 3.11. The van der Waals surface area contributed by atoms with Crippen molar-refractivity contribution in [3.05, 3.63) is 56.2 Å². The Bertz CT molecular complexity index is 616. The van der Waals surface area contributed by atoms with Gasteiger partial charge in [0.2, 0.25) is 5.78 Å². The summed E-state index contributed by atoms with van der Waals surface area (Å²) in [4.78, 5) is 23.7. The van der Waals surface area contributed by atoms with Crippen molar-refractivity contribution in [1.82, 2.24) is 0 Å². The lowest BCUT2D eigenvalue weighted by molar-refractivity contribution is -0.138. The third-order valence-corrected chi connectivity index (χ3v) is 4.46. The molecule has 5 heteroatoms. The zero-order chi connectivity index (χ0) is 14.0. The summed E-state index contributed by atoms with van der Waals surface area (Å²) in [6.07, 6.45) is 0. The van der Waals surface area contributed by atoms with E-state index < -0.39 is 11.9 Å². The minimum atomic E-state index is -0.874. The van der Waals surface area contributed by atoms with E-state index in [4.69, 9.17) is 5.11 Å². The monoisotopic (exact) mass is 338 g/mol. The minimum Gasteiger partial charge on any atom is -0.481 e. The Morgan fingerprint density at radius 1 is 1.16 bits per heavy atom. The van der Waals surface area contributed by atoms with Crippen LogP contribution < -0.4 is 0 Å². The van der Waals surface area contributed by atoms with Crippen LogP contribution in [0.3, 0.4) is 0 Å². The van der Waals surface area contributed by atoms with Gasteiger partial charge < -0.3 is 5.11 Å². The van der Waals surface area contributed by atoms with Gasteiger partial charge >= 0.3 is 5.97 Å². The van der Waals surface area contributed by atoms with Crippen LogP contribution in [0, 0.1) is 0 Å². The second-order valence-electron chi connectivity index (χ2n) is 4.11. The van der Waals surface area contributed by atoms with Gasteiger partial charge in [0, 0.05) is 5.56 Å². The van der Waals surface area contributed by atoms with E-state index in [9.17, 15) is 9.59 Å². The molecule has 0 aliphatic heterocycles. The number of halogens is 1. The van der Waals surface area contributed by atoms with Crippen molar-refractivity contribution >= 4 is 39.0 Å². The molecule has 3 nitrogen and oxygen atoms in total. The molecule has 1 heterocycles. The number of hydrogen-bond acceptors (Lipinski definition) is 3. The molecule has 0 saturated heterocycles. The van der Waals surface area contributed by atoms with Crippen LogP contribution in [0.25, 0.3) is 0 Å². The van der Waals surface area contributed by atoms with Gasteiger partial charge in [0.1, 0.15) is 0 Å². The van der Waals surface area contributed by atoms with Gasteiger partial charge in [-0.05, 0) is 40.5 Å². The average molecular weight is 339 g/mol. The molecule has 0 amide bonds. The fourth-order valence-electron chi connectivity index (χ4n) is 1.64. The lowest BCUT2D eigenvalue weighted by atomic mass is 9.99. The standard InChI is InChI=1S/C14H11BrO3S/c1-8(14(17)18)9-2-4-10(5-3-9)13(16)11-6-7-12(15)19-11/h2-8H,1H3,(H,17,18). The molecular formula is C14H11BrO3S. The lowest BCUT2D eigenvalue weighted by Gasteiger charge is -2.06. The first-order chi connectivity index (χ1) is 8.99. The number of aliphatic carboxylic acids is 1. The fraction of sp³-hybridized carbons (Fsp3) is 0.143. The minimum absolute atomic E-state index is 0.0507. The van der Waals surface area contributed by atoms with Crippen molar-refractivity contribution < 1.29 is 14.7 Å². The highest BCUT2D eigenvalue weighted by molar-refractivity contribution is 9.11. The molecule has 1 aromatic heterocycles. The third-order valence-electron chi connectivity index (χ3n) is 2.84. The van der Waals surface area contributed by atoms with E-state index in [2.05, 4.69) is 15.9 Å². The molecule has 0 radical (unpaired) electrons. The summed E-state index contributed by atoms with van der Waals surface area (Å²) in [7, 11) is 0. The van der Waals surface area contributed by atoms with E-state index in [-0.39, 0.29) is 5.78 Å².